The number of nitrogens with zero attached hydrogens (tertiary/aromatic N) is 4. The summed E-state index contributed by atoms with van der Waals surface area (Å²) in [6.07, 6.45) is 5.42. The van der Waals surface area contributed by atoms with Crippen LogP contribution in [0.4, 0.5) is 4.79 Å². The topological polar surface area (TPSA) is 107 Å². The van der Waals surface area contributed by atoms with Gasteiger partial charge in [-0.3, -0.25) is 14.3 Å². The molecule has 0 spiro atoms. The van der Waals surface area contributed by atoms with E-state index in [1.165, 1.54) is 0 Å². The van der Waals surface area contributed by atoms with Crippen molar-refractivity contribution >= 4 is 11.7 Å². The van der Waals surface area contributed by atoms with Crippen LogP contribution in [0.25, 0.3) is 28.0 Å². The van der Waals surface area contributed by atoms with Gasteiger partial charge in [0, 0.05) is 31.0 Å². The van der Waals surface area contributed by atoms with Crippen molar-refractivity contribution in [3.05, 3.63) is 78.4 Å². The Morgan fingerprint density at radius 3 is 2.35 bits per heavy atom. The van der Waals surface area contributed by atoms with Gasteiger partial charge < -0.3 is 16.2 Å². The van der Waals surface area contributed by atoms with Gasteiger partial charge in [0.2, 0.25) is 0 Å². The number of imidazole rings is 1. The summed E-state index contributed by atoms with van der Waals surface area (Å²) in [5, 5.41) is 2.80. The average molecular weight is 503 g/mol. The molecule has 3 aromatic heterocycles. The van der Waals surface area contributed by atoms with Crippen molar-refractivity contribution in [1.29, 1.82) is 0 Å². The van der Waals surface area contributed by atoms with Crippen LogP contribution >= 0.6 is 0 Å². The number of rotatable bonds is 8. The van der Waals surface area contributed by atoms with Crippen molar-refractivity contribution in [2.24, 2.45) is 0 Å². The molecule has 0 fully saturated rings. The van der Waals surface area contributed by atoms with Crippen molar-refractivity contribution in [3.63, 3.8) is 0 Å². The van der Waals surface area contributed by atoms with Gasteiger partial charge in [0.05, 0.1) is 17.6 Å². The maximum absolute atomic E-state index is 11.9. The zero-order valence-electron chi connectivity index (χ0n) is 22.5. The maximum Gasteiger partial charge on any atom is 0.407 e. The molecule has 0 aliphatic rings. The fourth-order valence-electron chi connectivity index (χ4n) is 4.08. The van der Waals surface area contributed by atoms with E-state index in [-0.39, 0.29) is 6.15 Å². The SMILES string of the molecule is CCN(CC)Cc1cc(-c2ccn3c(-c4ccc(CNC(=O)OC(C)(C)C)cc4)cnc3c2)ccn1.N. The summed E-state index contributed by atoms with van der Waals surface area (Å²) < 4.78 is 7.39. The van der Waals surface area contributed by atoms with Gasteiger partial charge in [0.25, 0.3) is 0 Å². The first-order chi connectivity index (χ1) is 17.3. The van der Waals surface area contributed by atoms with Crippen LogP contribution < -0.4 is 11.5 Å². The van der Waals surface area contributed by atoms with Gasteiger partial charge in [-0.05, 0) is 74.8 Å². The quantitative estimate of drug-likeness (QED) is 0.302. The van der Waals surface area contributed by atoms with Crippen LogP contribution in [0.1, 0.15) is 45.9 Å². The molecular formula is C29H38N6O2. The van der Waals surface area contributed by atoms with Gasteiger partial charge in [0.15, 0.2) is 0 Å². The second-order valence-electron chi connectivity index (χ2n) is 9.84. The lowest BCUT2D eigenvalue weighted by Gasteiger charge is -2.19. The van der Waals surface area contributed by atoms with Gasteiger partial charge in [-0.25, -0.2) is 9.78 Å². The first kappa shape index (κ1) is 27.8. The molecule has 0 unspecified atom stereocenters. The lowest BCUT2D eigenvalue weighted by atomic mass is 10.1. The number of amides is 1. The van der Waals surface area contributed by atoms with Crippen molar-refractivity contribution in [3.8, 4) is 22.4 Å². The summed E-state index contributed by atoms with van der Waals surface area (Å²) in [4.78, 5) is 23.5. The van der Waals surface area contributed by atoms with E-state index in [0.717, 1.165) is 58.9 Å². The summed E-state index contributed by atoms with van der Waals surface area (Å²) in [5.74, 6) is 0. The summed E-state index contributed by atoms with van der Waals surface area (Å²) in [6.45, 7) is 13.2. The third-order valence-electron chi connectivity index (χ3n) is 6.03. The predicted octanol–water partition coefficient (Wildman–Crippen LogP) is 6.09. The van der Waals surface area contributed by atoms with Gasteiger partial charge in [-0.15, -0.1) is 0 Å². The van der Waals surface area contributed by atoms with E-state index >= 15 is 0 Å². The smallest absolute Gasteiger partial charge is 0.407 e. The minimum absolute atomic E-state index is 0. The molecule has 4 aromatic rings. The standard InChI is InChI=1S/C29H35N5O2.H3N/c1-6-33(7-2)20-25-16-23(12-14-30-25)24-13-15-34-26(19-31-27(34)17-24)22-10-8-21(9-11-22)18-32-28(35)36-29(3,4)5;/h8-17,19H,6-7,18,20H2,1-5H3,(H,32,35);1H3. The first-order valence-corrected chi connectivity index (χ1v) is 12.5. The highest BCUT2D eigenvalue weighted by molar-refractivity contribution is 5.71. The van der Waals surface area contributed by atoms with Crippen LogP contribution in [0.2, 0.25) is 0 Å². The Balaban J connectivity index is 0.00000380. The Bertz CT molecular complexity index is 1320. The molecule has 0 saturated heterocycles. The molecule has 0 bridgehead atoms. The number of nitrogens with one attached hydrogen (secondary N) is 1. The zero-order chi connectivity index (χ0) is 25.7. The normalized spacial score (nSPS) is 11.4. The Hall–Kier alpha value is -3.75. The Kier molecular flexibility index (Phi) is 9.02. The predicted molar refractivity (Wildman–Crippen MR) is 149 cm³/mol. The summed E-state index contributed by atoms with van der Waals surface area (Å²) in [6, 6.07) is 16.6. The number of fused-ring (bicyclic) bond motifs is 1. The highest BCUT2D eigenvalue weighted by Crippen LogP contribution is 2.26. The third kappa shape index (κ3) is 7.15. The molecule has 0 radical (unpaired) electrons. The number of carbonyl (C=O) groups is 1. The van der Waals surface area contributed by atoms with Gasteiger partial charge >= 0.3 is 6.09 Å². The van der Waals surface area contributed by atoms with Crippen LogP contribution in [0.5, 0.6) is 0 Å². The number of hydrogen-bond donors (Lipinski definition) is 2. The van der Waals surface area contributed by atoms with Crippen molar-refractivity contribution in [2.45, 2.75) is 53.3 Å². The van der Waals surface area contributed by atoms with Crippen LogP contribution in [-0.2, 0) is 17.8 Å². The number of alkyl carbamates (subject to hydrolysis) is 1. The second kappa shape index (κ2) is 12.0. The summed E-state index contributed by atoms with van der Waals surface area (Å²) >= 11 is 0. The molecule has 1 amide bonds. The number of carbonyl (C=O) groups excluding carboxylic acids is 1. The lowest BCUT2D eigenvalue weighted by molar-refractivity contribution is 0.0523. The number of ether oxygens (including phenoxy) is 1. The minimum Gasteiger partial charge on any atom is -0.444 e. The Labute approximate surface area is 219 Å². The molecule has 0 aliphatic heterocycles. The fraction of sp³-hybridized carbons (Fsp3) is 0.345. The van der Waals surface area contributed by atoms with E-state index < -0.39 is 11.7 Å². The fourth-order valence-corrected chi connectivity index (χ4v) is 4.08. The average Bonchev–Trinajstić information content (AvgIpc) is 3.29. The van der Waals surface area contributed by atoms with Crippen LogP contribution in [0.15, 0.2) is 67.1 Å². The summed E-state index contributed by atoms with van der Waals surface area (Å²) in [7, 11) is 0. The molecule has 8 heteroatoms. The lowest BCUT2D eigenvalue weighted by Crippen LogP contribution is -2.32. The molecule has 0 aliphatic carbocycles. The van der Waals surface area contributed by atoms with Crippen molar-refractivity contribution in [2.75, 3.05) is 13.1 Å². The number of pyridine rings is 2. The third-order valence-corrected chi connectivity index (χ3v) is 6.03. The highest BCUT2D eigenvalue weighted by Gasteiger charge is 2.16. The molecule has 196 valence electrons. The molecule has 1 aromatic carbocycles. The van der Waals surface area contributed by atoms with Crippen LogP contribution in [0, 0.1) is 0 Å². The molecule has 8 nitrogen and oxygen atoms in total. The van der Waals surface area contributed by atoms with Gasteiger partial charge in [-0.2, -0.15) is 0 Å². The number of aromatic nitrogens is 3. The zero-order valence-corrected chi connectivity index (χ0v) is 22.5. The van der Waals surface area contributed by atoms with Crippen molar-refractivity contribution in [1.82, 2.24) is 30.7 Å². The Morgan fingerprint density at radius 2 is 1.68 bits per heavy atom. The molecule has 4 N–H and O–H groups in total. The molecule has 4 rings (SSSR count). The molecule has 0 saturated carbocycles. The molecule has 0 atom stereocenters. The number of benzene rings is 1. The van der Waals surface area contributed by atoms with Crippen molar-refractivity contribution < 1.29 is 9.53 Å². The van der Waals surface area contributed by atoms with E-state index in [2.05, 4.69) is 62.8 Å². The second-order valence-corrected chi connectivity index (χ2v) is 9.84. The highest BCUT2D eigenvalue weighted by atomic mass is 16.6. The molecule has 37 heavy (non-hydrogen) atoms. The largest absolute Gasteiger partial charge is 0.444 e. The van der Waals surface area contributed by atoms with Crippen LogP contribution in [-0.4, -0.2) is 44.1 Å². The molecule has 3 heterocycles. The van der Waals surface area contributed by atoms with E-state index in [4.69, 9.17) is 4.74 Å². The van der Waals surface area contributed by atoms with Gasteiger partial charge in [-0.1, -0.05) is 38.1 Å². The minimum atomic E-state index is -0.512. The maximum atomic E-state index is 11.9. The number of hydrogen-bond acceptors (Lipinski definition) is 6. The van der Waals surface area contributed by atoms with E-state index in [1.54, 1.807) is 0 Å². The van der Waals surface area contributed by atoms with Gasteiger partial charge in [0.1, 0.15) is 11.2 Å². The van der Waals surface area contributed by atoms with E-state index in [0.29, 0.717) is 6.54 Å². The van der Waals surface area contributed by atoms with E-state index in [9.17, 15) is 4.79 Å². The monoisotopic (exact) mass is 502 g/mol. The Morgan fingerprint density at radius 1 is 0.973 bits per heavy atom. The molecular weight excluding hydrogens is 464 g/mol. The first-order valence-electron chi connectivity index (χ1n) is 12.5. The van der Waals surface area contributed by atoms with E-state index in [1.807, 2.05) is 63.5 Å². The summed E-state index contributed by atoms with van der Waals surface area (Å²) in [5.41, 5.74) is 6.77. The van der Waals surface area contributed by atoms with Crippen LogP contribution in [0.3, 0.4) is 0 Å².